The molecule has 0 aromatic heterocycles. The van der Waals surface area contributed by atoms with Crippen LogP contribution >= 0.6 is 0 Å². The molecule has 2 unspecified atom stereocenters. The van der Waals surface area contributed by atoms with Gasteiger partial charge in [0.15, 0.2) is 0 Å². The molecule has 0 aromatic carbocycles. The summed E-state index contributed by atoms with van der Waals surface area (Å²) in [6.07, 6.45) is 2.36. The zero-order chi connectivity index (χ0) is 12.8. The van der Waals surface area contributed by atoms with E-state index < -0.39 is 0 Å². The number of nitrogens with zero attached hydrogens (tertiary/aromatic N) is 2. The minimum atomic E-state index is 0.467. The average Bonchev–Trinajstić information content (AvgIpc) is 2.28. The first-order chi connectivity index (χ1) is 8.04. The van der Waals surface area contributed by atoms with Crippen LogP contribution in [0, 0.1) is 0 Å². The van der Waals surface area contributed by atoms with E-state index in [1.54, 1.807) is 0 Å². The minimum absolute atomic E-state index is 0.467. The fraction of sp³-hybridized carbons (Fsp3) is 0.857. The SMILES string of the molecule is C=C(C)C(CC1CN(C)CCN1C)NCCC. The molecule has 1 saturated heterocycles. The van der Waals surface area contributed by atoms with E-state index in [1.165, 1.54) is 38.0 Å². The van der Waals surface area contributed by atoms with E-state index in [2.05, 4.69) is 49.6 Å². The van der Waals surface area contributed by atoms with Crippen LogP contribution in [0.25, 0.3) is 0 Å². The summed E-state index contributed by atoms with van der Waals surface area (Å²) in [6.45, 7) is 13.1. The van der Waals surface area contributed by atoms with E-state index in [4.69, 9.17) is 0 Å². The summed E-state index contributed by atoms with van der Waals surface area (Å²) in [7, 11) is 4.46. The third-order valence-corrected chi connectivity index (χ3v) is 3.72. The monoisotopic (exact) mass is 239 g/mol. The maximum Gasteiger partial charge on any atom is 0.0289 e. The predicted molar refractivity (Wildman–Crippen MR) is 75.4 cm³/mol. The van der Waals surface area contributed by atoms with Crippen LogP contribution in [0.3, 0.4) is 0 Å². The summed E-state index contributed by atoms with van der Waals surface area (Å²) in [5.41, 5.74) is 1.26. The van der Waals surface area contributed by atoms with Gasteiger partial charge in [0.05, 0.1) is 0 Å². The highest BCUT2D eigenvalue weighted by atomic mass is 15.3. The van der Waals surface area contributed by atoms with E-state index >= 15 is 0 Å². The van der Waals surface area contributed by atoms with Crippen molar-refractivity contribution in [2.24, 2.45) is 0 Å². The number of hydrogen-bond acceptors (Lipinski definition) is 3. The zero-order valence-corrected chi connectivity index (χ0v) is 12.0. The molecule has 0 aromatic rings. The topological polar surface area (TPSA) is 18.5 Å². The predicted octanol–water partition coefficient (Wildman–Crippen LogP) is 1.57. The van der Waals surface area contributed by atoms with Crippen LogP contribution in [0.4, 0.5) is 0 Å². The lowest BCUT2D eigenvalue weighted by Crippen LogP contribution is -2.52. The van der Waals surface area contributed by atoms with Gasteiger partial charge in [0, 0.05) is 31.7 Å². The van der Waals surface area contributed by atoms with Crippen molar-refractivity contribution in [1.82, 2.24) is 15.1 Å². The number of piperazine rings is 1. The molecule has 0 spiro atoms. The molecule has 100 valence electrons. The smallest absolute Gasteiger partial charge is 0.0289 e. The Balaban J connectivity index is 2.49. The molecule has 3 heteroatoms. The second-order valence-electron chi connectivity index (χ2n) is 5.49. The first-order valence-electron chi connectivity index (χ1n) is 6.82. The molecule has 1 aliphatic heterocycles. The first kappa shape index (κ1) is 14.7. The Morgan fingerprint density at radius 3 is 2.71 bits per heavy atom. The van der Waals surface area contributed by atoms with Crippen molar-refractivity contribution in [3.63, 3.8) is 0 Å². The Kier molecular flexibility index (Phi) is 6.17. The molecule has 17 heavy (non-hydrogen) atoms. The number of nitrogens with one attached hydrogen (secondary N) is 1. The summed E-state index contributed by atoms with van der Waals surface area (Å²) in [5, 5.41) is 3.61. The molecule has 1 heterocycles. The van der Waals surface area contributed by atoms with Gasteiger partial charge in [-0.3, -0.25) is 0 Å². The van der Waals surface area contributed by atoms with E-state index in [0.29, 0.717) is 12.1 Å². The van der Waals surface area contributed by atoms with Gasteiger partial charge < -0.3 is 15.1 Å². The van der Waals surface area contributed by atoms with Crippen molar-refractivity contribution in [2.75, 3.05) is 40.3 Å². The van der Waals surface area contributed by atoms with Crippen LogP contribution in [0.2, 0.25) is 0 Å². The third kappa shape index (κ3) is 4.78. The Morgan fingerprint density at radius 2 is 2.12 bits per heavy atom. The van der Waals surface area contributed by atoms with Crippen molar-refractivity contribution >= 4 is 0 Å². The van der Waals surface area contributed by atoms with Gasteiger partial charge in [-0.1, -0.05) is 19.1 Å². The van der Waals surface area contributed by atoms with Crippen molar-refractivity contribution in [3.05, 3.63) is 12.2 Å². The summed E-state index contributed by atoms with van der Waals surface area (Å²) in [4.78, 5) is 4.92. The van der Waals surface area contributed by atoms with Gasteiger partial charge in [0.25, 0.3) is 0 Å². The fourth-order valence-electron chi connectivity index (χ4n) is 2.41. The molecule has 1 fully saturated rings. The number of hydrogen-bond donors (Lipinski definition) is 1. The molecule has 0 aliphatic carbocycles. The van der Waals surface area contributed by atoms with Crippen LogP contribution in [0.15, 0.2) is 12.2 Å². The van der Waals surface area contributed by atoms with Gasteiger partial charge in [0.1, 0.15) is 0 Å². The van der Waals surface area contributed by atoms with E-state index in [-0.39, 0.29) is 0 Å². The highest BCUT2D eigenvalue weighted by molar-refractivity contribution is 5.03. The molecule has 1 N–H and O–H groups in total. The molecule has 0 amide bonds. The van der Waals surface area contributed by atoms with E-state index in [9.17, 15) is 0 Å². The van der Waals surface area contributed by atoms with Gasteiger partial charge in [-0.2, -0.15) is 0 Å². The normalized spacial score (nSPS) is 24.8. The van der Waals surface area contributed by atoms with Gasteiger partial charge in [-0.15, -0.1) is 0 Å². The Morgan fingerprint density at radius 1 is 1.41 bits per heavy atom. The first-order valence-corrected chi connectivity index (χ1v) is 6.82. The Hall–Kier alpha value is -0.380. The molecule has 0 bridgehead atoms. The van der Waals surface area contributed by atoms with Crippen LogP contribution in [-0.4, -0.2) is 62.2 Å². The van der Waals surface area contributed by atoms with Crippen LogP contribution in [0.1, 0.15) is 26.7 Å². The summed E-state index contributed by atoms with van der Waals surface area (Å²) in [5.74, 6) is 0. The van der Waals surface area contributed by atoms with Gasteiger partial charge in [-0.25, -0.2) is 0 Å². The van der Waals surface area contributed by atoms with Crippen LogP contribution in [0.5, 0.6) is 0 Å². The van der Waals surface area contributed by atoms with Crippen molar-refractivity contribution in [1.29, 1.82) is 0 Å². The maximum absolute atomic E-state index is 4.12. The van der Waals surface area contributed by atoms with E-state index in [1.807, 2.05) is 0 Å². The van der Waals surface area contributed by atoms with Crippen molar-refractivity contribution in [3.8, 4) is 0 Å². The standard InChI is InChI=1S/C14H29N3/c1-6-7-15-14(12(2)3)10-13-11-16(4)8-9-17(13)5/h13-15H,2,6-11H2,1,3-5H3. The minimum Gasteiger partial charge on any atom is -0.310 e. The molecule has 0 radical (unpaired) electrons. The zero-order valence-electron chi connectivity index (χ0n) is 12.0. The van der Waals surface area contributed by atoms with Gasteiger partial charge in [0.2, 0.25) is 0 Å². The largest absolute Gasteiger partial charge is 0.310 e. The van der Waals surface area contributed by atoms with E-state index in [0.717, 1.165) is 6.54 Å². The fourth-order valence-corrected chi connectivity index (χ4v) is 2.41. The highest BCUT2D eigenvalue weighted by Gasteiger charge is 2.25. The second-order valence-corrected chi connectivity index (χ2v) is 5.49. The Bertz CT molecular complexity index is 240. The van der Waals surface area contributed by atoms with Crippen molar-refractivity contribution in [2.45, 2.75) is 38.8 Å². The lowest BCUT2D eigenvalue weighted by atomic mass is 9.99. The molecule has 0 saturated carbocycles. The van der Waals surface area contributed by atoms with Gasteiger partial charge in [-0.05, 0) is 40.4 Å². The summed E-state index contributed by atoms with van der Waals surface area (Å²) < 4.78 is 0. The molecular weight excluding hydrogens is 210 g/mol. The average molecular weight is 239 g/mol. The van der Waals surface area contributed by atoms with Crippen LogP contribution < -0.4 is 5.32 Å². The number of likely N-dealkylation sites (N-methyl/N-ethyl adjacent to an activating group) is 2. The molecular formula is C14H29N3. The third-order valence-electron chi connectivity index (χ3n) is 3.72. The molecule has 1 rings (SSSR count). The molecule has 1 aliphatic rings. The summed E-state index contributed by atoms with van der Waals surface area (Å²) in [6, 6.07) is 1.12. The second kappa shape index (κ2) is 7.14. The number of rotatable bonds is 6. The molecule has 2 atom stereocenters. The van der Waals surface area contributed by atoms with Crippen molar-refractivity contribution < 1.29 is 0 Å². The van der Waals surface area contributed by atoms with Crippen LogP contribution in [-0.2, 0) is 0 Å². The lowest BCUT2D eigenvalue weighted by Gasteiger charge is -2.39. The maximum atomic E-state index is 4.12. The quantitative estimate of drug-likeness (QED) is 0.710. The van der Waals surface area contributed by atoms with Gasteiger partial charge >= 0.3 is 0 Å². The molecule has 3 nitrogen and oxygen atoms in total. The highest BCUT2D eigenvalue weighted by Crippen LogP contribution is 2.15. The summed E-state index contributed by atoms with van der Waals surface area (Å²) >= 11 is 0. The Labute approximate surface area is 107 Å². The lowest BCUT2D eigenvalue weighted by molar-refractivity contribution is 0.104.